The Morgan fingerprint density at radius 2 is 1.65 bits per heavy atom. The van der Waals surface area contributed by atoms with Gasteiger partial charge in [-0.15, -0.1) is 0 Å². The van der Waals surface area contributed by atoms with Crippen molar-refractivity contribution in [3.63, 3.8) is 0 Å². The summed E-state index contributed by atoms with van der Waals surface area (Å²) in [5.74, 6) is -0.505. The van der Waals surface area contributed by atoms with E-state index in [0.717, 1.165) is 11.1 Å². The Labute approximate surface area is 99.0 Å². The normalized spacial score (nSPS) is 10.1. The zero-order valence-electron chi connectivity index (χ0n) is 9.18. The molecule has 0 fully saturated rings. The maximum absolute atomic E-state index is 11.4. The molecule has 0 saturated heterocycles. The van der Waals surface area contributed by atoms with Crippen LogP contribution < -0.4 is 17.2 Å². The van der Waals surface area contributed by atoms with Crippen LogP contribution in [-0.2, 0) is 0 Å². The third kappa shape index (κ3) is 2.20. The predicted molar refractivity (Wildman–Crippen MR) is 69.2 cm³/mol. The topological polar surface area (TPSA) is 95.1 Å². The molecule has 1 amide bonds. The van der Waals surface area contributed by atoms with Crippen LogP contribution in [0.4, 0.5) is 11.4 Å². The van der Waals surface area contributed by atoms with Gasteiger partial charge in [-0.1, -0.05) is 18.2 Å². The van der Waals surface area contributed by atoms with Gasteiger partial charge in [0.05, 0.1) is 0 Å². The summed E-state index contributed by atoms with van der Waals surface area (Å²) >= 11 is 0. The van der Waals surface area contributed by atoms with E-state index in [-0.39, 0.29) is 0 Å². The SMILES string of the molecule is NC(=O)c1cc(N)ccc1-c1cccc(N)c1. The fourth-order valence-corrected chi connectivity index (χ4v) is 1.72. The highest BCUT2D eigenvalue weighted by Crippen LogP contribution is 2.26. The molecule has 2 aromatic rings. The Balaban J connectivity index is 2.63. The van der Waals surface area contributed by atoms with Gasteiger partial charge in [-0.2, -0.15) is 0 Å². The Morgan fingerprint density at radius 1 is 0.941 bits per heavy atom. The molecular weight excluding hydrogens is 214 g/mol. The summed E-state index contributed by atoms with van der Waals surface area (Å²) < 4.78 is 0. The lowest BCUT2D eigenvalue weighted by Gasteiger charge is -2.08. The first-order valence-corrected chi connectivity index (χ1v) is 5.13. The van der Waals surface area contributed by atoms with E-state index in [4.69, 9.17) is 17.2 Å². The Kier molecular flexibility index (Phi) is 2.70. The number of anilines is 2. The molecule has 0 bridgehead atoms. The molecular formula is C13H13N3O. The van der Waals surface area contributed by atoms with Gasteiger partial charge in [0.1, 0.15) is 0 Å². The molecule has 0 saturated carbocycles. The highest BCUT2D eigenvalue weighted by molar-refractivity contribution is 6.00. The molecule has 0 atom stereocenters. The van der Waals surface area contributed by atoms with Crippen LogP contribution in [0.2, 0.25) is 0 Å². The summed E-state index contributed by atoms with van der Waals surface area (Å²) in [6.07, 6.45) is 0. The zero-order valence-corrected chi connectivity index (χ0v) is 9.18. The number of nitrogens with two attached hydrogens (primary N) is 3. The van der Waals surface area contributed by atoms with Gasteiger partial charge in [-0.25, -0.2) is 0 Å². The molecule has 86 valence electrons. The number of amides is 1. The molecule has 6 N–H and O–H groups in total. The Morgan fingerprint density at radius 3 is 2.29 bits per heavy atom. The molecule has 2 rings (SSSR count). The lowest BCUT2D eigenvalue weighted by Crippen LogP contribution is -2.12. The van der Waals surface area contributed by atoms with Gasteiger partial charge < -0.3 is 17.2 Å². The van der Waals surface area contributed by atoms with Crippen molar-refractivity contribution < 1.29 is 4.79 Å². The van der Waals surface area contributed by atoms with Gasteiger partial charge in [-0.05, 0) is 35.4 Å². The maximum Gasteiger partial charge on any atom is 0.249 e. The summed E-state index contributed by atoms with van der Waals surface area (Å²) in [4.78, 5) is 11.4. The number of rotatable bonds is 2. The summed E-state index contributed by atoms with van der Waals surface area (Å²) in [6.45, 7) is 0. The lowest BCUT2D eigenvalue weighted by atomic mass is 9.98. The van der Waals surface area contributed by atoms with Crippen molar-refractivity contribution in [3.05, 3.63) is 48.0 Å². The molecule has 17 heavy (non-hydrogen) atoms. The van der Waals surface area contributed by atoms with Crippen LogP contribution in [0.5, 0.6) is 0 Å². The van der Waals surface area contributed by atoms with Crippen LogP contribution in [0.25, 0.3) is 11.1 Å². The van der Waals surface area contributed by atoms with Gasteiger partial charge in [0, 0.05) is 16.9 Å². The Hall–Kier alpha value is -2.49. The zero-order chi connectivity index (χ0) is 12.4. The van der Waals surface area contributed by atoms with E-state index in [2.05, 4.69) is 0 Å². The van der Waals surface area contributed by atoms with Crippen molar-refractivity contribution in [2.45, 2.75) is 0 Å². The minimum atomic E-state index is -0.505. The third-order valence-corrected chi connectivity index (χ3v) is 2.51. The van der Waals surface area contributed by atoms with E-state index in [1.807, 2.05) is 12.1 Å². The van der Waals surface area contributed by atoms with Crippen molar-refractivity contribution >= 4 is 17.3 Å². The van der Waals surface area contributed by atoms with Crippen molar-refractivity contribution in [1.82, 2.24) is 0 Å². The second-order valence-electron chi connectivity index (χ2n) is 3.79. The molecule has 0 heterocycles. The quantitative estimate of drug-likeness (QED) is 0.680. The molecule has 0 radical (unpaired) electrons. The van der Waals surface area contributed by atoms with Gasteiger partial charge in [0.2, 0.25) is 5.91 Å². The lowest BCUT2D eigenvalue weighted by molar-refractivity contribution is 0.100. The van der Waals surface area contributed by atoms with Crippen molar-refractivity contribution in [3.8, 4) is 11.1 Å². The van der Waals surface area contributed by atoms with Crippen molar-refractivity contribution in [2.24, 2.45) is 5.73 Å². The third-order valence-electron chi connectivity index (χ3n) is 2.51. The molecule has 0 unspecified atom stereocenters. The smallest absolute Gasteiger partial charge is 0.249 e. The molecule has 0 aliphatic heterocycles. The highest BCUT2D eigenvalue weighted by Gasteiger charge is 2.10. The van der Waals surface area contributed by atoms with Crippen LogP contribution in [-0.4, -0.2) is 5.91 Å². The number of benzene rings is 2. The van der Waals surface area contributed by atoms with E-state index in [0.29, 0.717) is 16.9 Å². The van der Waals surface area contributed by atoms with Crippen molar-refractivity contribution in [1.29, 1.82) is 0 Å². The first-order chi connectivity index (χ1) is 8.08. The summed E-state index contributed by atoms with van der Waals surface area (Å²) in [6, 6.07) is 12.3. The first-order valence-electron chi connectivity index (χ1n) is 5.13. The van der Waals surface area contributed by atoms with Crippen LogP contribution in [0.15, 0.2) is 42.5 Å². The van der Waals surface area contributed by atoms with Crippen LogP contribution >= 0.6 is 0 Å². The average Bonchev–Trinajstić information content (AvgIpc) is 2.28. The predicted octanol–water partition coefficient (Wildman–Crippen LogP) is 1.62. The maximum atomic E-state index is 11.4. The van der Waals surface area contributed by atoms with Gasteiger partial charge >= 0.3 is 0 Å². The van der Waals surface area contributed by atoms with E-state index in [1.165, 1.54) is 0 Å². The molecule has 0 spiro atoms. The van der Waals surface area contributed by atoms with Gasteiger partial charge in [-0.3, -0.25) is 4.79 Å². The fraction of sp³-hybridized carbons (Fsp3) is 0. The van der Waals surface area contributed by atoms with Gasteiger partial charge in [0.15, 0.2) is 0 Å². The molecule has 2 aromatic carbocycles. The molecule has 0 aliphatic rings. The first kappa shape index (κ1) is 11.0. The van der Waals surface area contributed by atoms with Crippen LogP contribution in [0.1, 0.15) is 10.4 Å². The summed E-state index contributed by atoms with van der Waals surface area (Å²) in [5, 5.41) is 0. The number of nitrogen functional groups attached to an aromatic ring is 2. The Bertz CT molecular complexity index is 579. The van der Waals surface area contributed by atoms with Crippen LogP contribution in [0, 0.1) is 0 Å². The highest BCUT2D eigenvalue weighted by atomic mass is 16.1. The van der Waals surface area contributed by atoms with Crippen LogP contribution in [0.3, 0.4) is 0 Å². The second-order valence-corrected chi connectivity index (χ2v) is 3.79. The minimum absolute atomic E-state index is 0.399. The molecule has 0 aliphatic carbocycles. The van der Waals surface area contributed by atoms with E-state index >= 15 is 0 Å². The molecule has 4 nitrogen and oxygen atoms in total. The number of carbonyl (C=O) groups is 1. The average molecular weight is 227 g/mol. The van der Waals surface area contributed by atoms with E-state index in [1.54, 1.807) is 30.3 Å². The summed E-state index contributed by atoms with van der Waals surface area (Å²) in [5.41, 5.74) is 19.8. The summed E-state index contributed by atoms with van der Waals surface area (Å²) in [7, 11) is 0. The molecule has 4 heteroatoms. The standard InChI is InChI=1S/C13H13N3O/c14-9-3-1-2-8(6-9)11-5-4-10(15)7-12(11)13(16)17/h1-7H,14-15H2,(H2,16,17). The largest absolute Gasteiger partial charge is 0.399 e. The number of carbonyl (C=O) groups excluding carboxylic acids is 1. The van der Waals surface area contributed by atoms with Crippen molar-refractivity contribution in [2.75, 3.05) is 11.5 Å². The monoisotopic (exact) mass is 227 g/mol. The van der Waals surface area contributed by atoms with E-state index in [9.17, 15) is 4.79 Å². The number of hydrogen-bond acceptors (Lipinski definition) is 3. The second kappa shape index (κ2) is 4.17. The number of hydrogen-bond donors (Lipinski definition) is 3. The fourth-order valence-electron chi connectivity index (χ4n) is 1.72. The van der Waals surface area contributed by atoms with E-state index < -0.39 is 5.91 Å². The van der Waals surface area contributed by atoms with Gasteiger partial charge in [0.25, 0.3) is 0 Å². The molecule has 0 aromatic heterocycles. The minimum Gasteiger partial charge on any atom is -0.399 e. The number of primary amides is 1.